The number of hydrogen-bond acceptors (Lipinski definition) is 3. The average molecular weight is 258 g/mol. The summed E-state index contributed by atoms with van der Waals surface area (Å²) in [4.78, 5) is 0. The van der Waals surface area contributed by atoms with Gasteiger partial charge in [0, 0.05) is 17.9 Å². The van der Waals surface area contributed by atoms with Crippen LogP contribution in [0.4, 0.5) is 0 Å². The first-order valence-corrected chi connectivity index (χ1v) is 7.98. The molecule has 1 spiro atoms. The predicted molar refractivity (Wildman–Crippen MR) is 73.2 cm³/mol. The van der Waals surface area contributed by atoms with Gasteiger partial charge in [-0.3, -0.25) is 0 Å². The van der Waals surface area contributed by atoms with Crippen molar-refractivity contribution >= 4 is 11.4 Å². The minimum Gasteiger partial charge on any atom is -0.598 e. The van der Waals surface area contributed by atoms with Crippen molar-refractivity contribution in [3.05, 3.63) is 0 Å². The van der Waals surface area contributed by atoms with E-state index in [-0.39, 0.29) is 4.75 Å². The summed E-state index contributed by atoms with van der Waals surface area (Å²) >= 11 is -0.947. The van der Waals surface area contributed by atoms with Gasteiger partial charge in [-0.2, -0.15) is 0 Å². The maximum Gasteiger partial charge on any atom is 0.136 e. The van der Waals surface area contributed by atoms with Crippen molar-refractivity contribution < 1.29 is 4.55 Å². The molecule has 2 aliphatic rings. The Balaban J connectivity index is 2.02. The SMILES string of the molecule is CC(C)(C)[S+]([O-])NC1CNCCC12CCCC2. The van der Waals surface area contributed by atoms with Crippen LogP contribution in [0, 0.1) is 5.41 Å². The molecular weight excluding hydrogens is 232 g/mol. The van der Waals surface area contributed by atoms with E-state index in [0.29, 0.717) is 11.5 Å². The Hall–Kier alpha value is 0.230. The van der Waals surface area contributed by atoms with E-state index in [1.807, 2.05) is 20.8 Å². The van der Waals surface area contributed by atoms with E-state index in [1.165, 1.54) is 32.1 Å². The molecule has 0 aromatic heterocycles. The molecule has 0 radical (unpaired) electrons. The molecule has 2 atom stereocenters. The van der Waals surface area contributed by atoms with Gasteiger partial charge in [-0.1, -0.05) is 12.8 Å². The van der Waals surface area contributed by atoms with Gasteiger partial charge in [0.1, 0.15) is 4.75 Å². The zero-order valence-corrected chi connectivity index (χ0v) is 12.2. The van der Waals surface area contributed by atoms with Crippen LogP contribution in [0.3, 0.4) is 0 Å². The fourth-order valence-electron chi connectivity index (χ4n) is 3.12. The van der Waals surface area contributed by atoms with Gasteiger partial charge in [-0.25, -0.2) is 0 Å². The summed E-state index contributed by atoms with van der Waals surface area (Å²) in [5.41, 5.74) is 0.423. The lowest BCUT2D eigenvalue weighted by Crippen LogP contribution is -2.58. The van der Waals surface area contributed by atoms with Crippen molar-refractivity contribution in [1.29, 1.82) is 0 Å². The number of piperidine rings is 1. The molecule has 1 saturated carbocycles. The van der Waals surface area contributed by atoms with Crippen LogP contribution in [-0.4, -0.2) is 28.4 Å². The molecule has 1 aliphatic carbocycles. The molecule has 17 heavy (non-hydrogen) atoms. The molecule has 1 aliphatic heterocycles. The van der Waals surface area contributed by atoms with Crippen LogP contribution in [-0.2, 0) is 11.4 Å². The van der Waals surface area contributed by atoms with Crippen LogP contribution < -0.4 is 10.0 Å². The summed E-state index contributed by atoms with van der Waals surface area (Å²) < 4.78 is 15.5. The molecule has 1 heterocycles. The summed E-state index contributed by atoms with van der Waals surface area (Å²) in [5, 5.41) is 3.45. The van der Waals surface area contributed by atoms with E-state index in [2.05, 4.69) is 10.0 Å². The summed E-state index contributed by atoms with van der Waals surface area (Å²) in [6, 6.07) is 0.388. The lowest BCUT2D eigenvalue weighted by atomic mass is 9.74. The van der Waals surface area contributed by atoms with Crippen LogP contribution >= 0.6 is 0 Å². The lowest BCUT2D eigenvalue weighted by molar-refractivity contribution is 0.160. The largest absolute Gasteiger partial charge is 0.598 e. The van der Waals surface area contributed by atoms with Crippen molar-refractivity contribution in [2.75, 3.05) is 13.1 Å². The molecule has 0 aromatic rings. The molecule has 100 valence electrons. The minimum atomic E-state index is -0.947. The smallest absolute Gasteiger partial charge is 0.136 e. The first kappa shape index (κ1) is 13.7. The first-order valence-electron chi connectivity index (χ1n) is 6.83. The maximum absolute atomic E-state index is 12.2. The van der Waals surface area contributed by atoms with Gasteiger partial charge < -0.3 is 9.87 Å². The zero-order valence-electron chi connectivity index (χ0n) is 11.3. The van der Waals surface area contributed by atoms with E-state index in [1.54, 1.807) is 0 Å². The Morgan fingerprint density at radius 2 is 1.88 bits per heavy atom. The highest BCUT2D eigenvalue weighted by atomic mass is 32.2. The van der Waals surface area contributed by atoms with Gasteiger partial charge in [0.05, 0.1) is 6.04 Å². The molecule has 2 N–H and O–H groups in total. The summed E-state index contributed by atoms with van der Waals surface area (Å²) in [6.45, 7) is 8.21. The number of nitrogens with one attached hydrogen (secondary N) is 2. The van der Waals surface area contributed by atoms with Crippen LogP contribution in [0.1, 0.15) is 52.9 Å². The van der Waals surface area contributed by atoms with Crippen LogP contribution in [0.5, 0.6) is 0 Å². The van der Waals surface area contributed by atoms with Crippen LogP contribution in [0.2, 0.25) is 0 Å². The minimum absolute atomic E-state index is 0.169. The molecule has 0 aromatic carbocycles. The highest BCUT2D eigenvalue weighted by molar-refractivity contribution is 7.90. The summed E-state index contributed by atoms with van der Waals surface area (Å²) in [5.74, 6) is 0. The maximum atomic E-state index is 12.2. The average Bonchev–Trinajstić information content (AvgIpc) is 2.70. The molecule has 2 fully saturated rings. The Kier molecular flexibility index (Phi) is 4.08. The van der Waals surface area contributed by atoms with Gasteiger partial charge >= 0.3 is 0 Å². The topological polar surface area (TPSA) is 47.1 Å². The Morgan fingerprint density at radius 3 is 2.47 bits per heavy atom. The molecule has 2 rings (SSSR count). The van der Waals surface area contributed by atoms with Gasteiger partial charge in [0.25, 0.3) is 0 Å². The second-order valence-electron chi connectivity index (χ2n) is 6.58. The van der Waals surface area contributed by atoms with E-state index in [4.69, 9.17) is 0 Å². The highest BCUT2D eigenvalue weighted by Gasteiger charge is 2.45. The van der Waals surface area contributed by atoms with Gasteiger partial charge in [0.15, 0.2) is 0 Å². The Bertz CT molecular complexity index is 259. The zero-order chi connectivity index (χ0) is 12.5. The van der Waals surface area contributed by atoms with E-state index >= 15 is 0 Å². The highest BCUT2D eigenvalue weighted by Crippen LogP contribution is 2.45. The van der Waals surface area contributed by atoms with E-state index in [0.717, 1.165) is 13.1 Å². The standard InChI is InChI=1S/C13H26N2OS/c1-12(2,3)17(16)15-11-10-14-9-8-13(11)6-4-5-7-13/h11,14-15H,4-10H2,1-3H3. The third kappa shape index (κ3) is 2.98. The lowest BCUT2D eigenvalue weighted by Gasteiger charge is -2.42. The molecule has 3 nitrogen and oxygen atoms in total. The van der Waals surface area contributed by atoms with Gasteiger partial charge in [-0.15, -0.1) is 4.72 Å². The van der Waals surface area contributed by atoms with Crippen molar-refractivity contribution in [3.8, 4) is 0 Å². The Morgan fingerprint density at radius 1 is 1.24 bits per heavy atom. The van der Waals surface area contributed by atoms with Crippen LogP contribution in [0.15, 0.2) is 0 Å². The fraction of sp³-hybridized carbons (Fsp3) is 1.00. The van der Waals surface area contributed by atoms with E-state index < -0.39 is 11.4 Å². The molecule has 4 heteroatoms. The van der Waals surface area contributed by atoms with Crippen molar-refractivity contribution in [1.82, 2.24) is 10.0 Å². The molecular formula is C13H26N2OS. The normalized spacial score (nSPS) is 30.7. The third-order valence-electron chi connectivity index (χ3n) is 4.29. The predicted octanol–water partition coefficient (Wildman–Crippen LogP) is 1.96. The second kappa shape index (κ2) is 5.08. The second-order valence-corrected chi connectivity index (χ2v) is 8.57. The summed E-state index contributed by atoms with van der Waals surface area (Å²) in [7, 11) is 0. The van der Waals surface area contributed by atoms with Crippen molar-refractivity contribution in [2.45, 2.75) is 63.7 Å². The monoisotopic (exact) mass is 258 g/mol. The van der Waals surface area contributed by atoms with Crippen LogP contribution in [0.25, 0.3) is 0 Å². The Labute approximate surface area is 108 Å². The van der Waals surface area contributed by atoms with Gasteiger partial charge in [-0.05, 0) is 52.0 Å². The van der Waals surface area contributed by atoms with Crippen molar-refractivity contribution in [2.24, 2.45) is 5.41 Å². The number of hydrogen-bond donors (Lipinski definition) is 2. The van der Waals surface area contributed by atoms with Gasteiger partial charge in [0.2, 0.25) is 0 Å². The molecule has 0 bridgehead atoms. The fourth-order valence-corrected chi connectivity index (χ4v) is 4.07. The molecule has 1 saturated heterocycles. The molecule has 0 amide bonds. The van der Waals surface area contributed by atoms with Crippen molar-refractivity contribution in [3.63, 3.8) is 0 Å². The van der Waals surface area contributed by atoms with E-state index in [9.17, 15) is 4.55 Å². The summed E-state index contributed by atoms with van der Waals surface area (Å²) in [6.07, 6.45) is 6.56. The number of rotatable bonds is 2. The first-order chi connectivity index (χ1) is 7.94. The quantitative estimate of drug-likeness (QED) is 0.744. The molecule has 2 unspecified atom stereocenters. The third-order valence-corrected chi connectivity index (χ3v) is 5.90.